The number of carbonyl (C=O) groups is 1. The van der Waals surface area contributed by atoms with Crippen LogP contribution in [0.4, 0.5) is 0 Å². The van der Waals surface area contributed by atoms with Crippen LogP contribution in [0, 0.1) is 0 Å². The van der Waals surface area contributed by atoms with Crippen LogP contribution in [0.3, 0.4) is 0 Å². The number of benzene rings is 1. The summed E-state index contributed by atoms with van der Waals surface area (Å²) in [7, 11) is 0. The number of ether oxygens (including phenoxy) is 1. The third-order valence-electron chi connectivity index (χ3n) is 6.88. The Morgan fingerprint density at radius 2 is 1.80 bits per heavy atom. The zero-order chi connectivity index (χ0) is 23.6. The molecular formula is C27H28N6O2. The summed E-state index contributed by atoms with van der Waals surface area (Å²) in [5.74, 6) is 0.000492. The Bertz CT molecular complexity index is 1340. The predicted octanol–water partition coefficient (Wildman–Crippen LogP) is 2.91. The summed E-state index contributed by atoms with van der Waals surface area (Å²) in [5, 5.41) is 6.04. The average Bonchev–Trinajstić information content (AvgIpc) is 3.27. The quantitative estimate of drug-likeness (QED) is 0.448. The van der Waals surface area contributed by atoms with Crippen LogP contribution in [-0.2, 0) is 30.8 Å². The SMILES string of the molecule is O=C(c1nn(Cc2ccccn2)c2c1CN(Cc1cccc3ncccc13)CC2)N1CCOCC1. The Morgan fingerprint density at radius 1 is 0.914 bits per heavy atom. The maximum absolute atomic E-state index is 13.5. The number of hydrogen-bond acceptors (Lipinski definition) is 6. The number of nitrogens with zero attached hydrogens (tertiary/aromatic N) is 6. The summed E-state index contributed by atoms with van der Waals surface area (Å²) < 4.78 is 7.45. The van der Waals surface area contributed by atoms with E-state index in [-0.39, 0.29) is 5.91 Å². The van der Waals surface area contributed by atoms with E-state index in [0.717, 1.165) is 42.0 Å². The second-order valence-electron chi connectivity index (χ2n) is 9.11. The second-order valence-corrected chi connectivity index (χ2v) is 9.11. The molecule has 1 fully saturated rings. The largest absolute Gasteiger partial charge is 0.378 e. The highest BCUT2D eigenvalue weighted by atomic mass is 16.5. The molecule has 5 heterocycles. The van der Waals surface area contributed by atoms with Crippen molar-refractivity contribution in [1.29, 1.82) is 0 Å². The molecule has 8 heteroatoms. The summed E-state index contributed by atoms with van der Waals surface area (Å²) in [6, 6.07) is 16.3. The minimum absolute atomic E-state index is 0.000492. The number of rotatable bonds is 5. The molecule has 1 aromatic carbocycles. The maximum atomic E-state index is 13.5. The van der Waals surface area contributed by atoms with Gasteiger partial charge < -0.3 is 9.64 Å². The number of amides is 1. The van der Waals surface area contributed by atoms with Gasteiger partial charge in [0.15, 0.2) is 5.69 Å². The Morgan fingerprint density at radius 3 is 2.66 bits per heavy atom. The maximum Gasteiger partial charge on any atom is 0.274 e. The van der Waals surface area contributed by atoms with Crippen molar-refractivity contribution >= 4 is 16.8 Å². The summed E-state index contributed by atoms with van der Waals surface area (Å²) in [6.45, 7) is 5.32. The Balaban J connectivity index is 1.32. The summed E-state index contributed by atoms with van der Waals surface area (Å²) in [6.07, 6.45) is 4.47. The molecule has 178 valence electrons. The van der Waals surface area contributed by atoms with Crippen molar-refractivity contribution in [3.63, 3.8) is 0 Å². The lowest BCUT2D eigenvalue weighted by Crippen LogP contribution is -2.41. The van der Waals surface area contributed by atoms with Gasteiger partial charge in [-0.1, -0.05) is 24.3 Å². The monoisotopic (exact) mass is 468 g/mol. The molecule has 0 radical (unpaired) electrons. The molecule has 0 N–H and O–H groups in total. The standard InChI is InChI=1S/C27H28N6O2/c34-27(32-13-15-35-16-14-32)26-23-19-31(17-20-5-3-8-24-22(20)7-4-11-29-24)12-9-25(23)33(30-26)18-21-6-1-2-10-28-21/h1-8,10-11H,9,12-19H2. The molecule has 0 spiro atoms. The summed E-state index contributed by atoms with van der Waals surface area (Å²) in [5.41, 5.74) is 5.95. The molecular weight excluding hydrogens is 440 g/mol. The molecule has 35 heavy (non-hydrogen) atoms. The van der Waals surface area contributed by atoms with E-state index >= 15 is 0 Å². The van der Waals surface area contributed by atoms with Crippen LogP contribution in [0.5, 0.6) is 0 Å². The van der Waals surface area contributed by atoms with E-state index in [1.807, 2.05) is 46.1 Å². The van der Waals surface area contributed by atoms with E-state index in [1.165, 1.54) is 10.9 Å². The van der Waals surface area contributed by atoms with Crippen LogP contribution in [0.2, 0.25) is 0 Å². The van der Waals surface area contributed by atoms with Crippen molar-refractivity contribution < 1.29 is 9.53 Å². The molecule has 0 bridgehead atoms. The fourth-order valence-corrected chi connectivity index (χ4v) is 5.09. The van der Waals surface area contributed by atoms with Crippen LogP contribution in [0.1, 0.15) is 33.0 Å². The molecule has 1 saturated heterocycles. The third kappa shape index (κ3) is 4.42. The molecule has 1 amide bonds. The molecule has 2 aliphatic rings. The number of fused-ring (bicyclic) bond motifs is 2. The lowest BCUT2D eigenvalue weighted by atomic mass is 10.0. The molecule has 0 aliphatic carbocycles. The molecule has 4 aromatic rings. The normalized spacial score (nSPS) is 16.4. The minimum Gasteiger partial charge on any atom is -0.378 e. The average molecular weight is 469 g/mol. The molecule has 8 nitrogen and oxygen atoms in total. The zero-order valence-electron chi connectivity index (χ0n) is 19.6. The van der Waals surface area contributed by atoms with E-state index in [2.05, 4.69) is 33.1 Å². The fourth-order valence-electron chi connectivity index (χ4n) is 5.09. The lowest BCUT2D eigenvalue weighted by Gasteiger charge is -2.29. The van der Waals surface area contributed by atoms with Gasteiger partial charge in [0.25, 0.3) is 5.91 Å². The van der Waals surface area contributed by atoms with Gasteiger partial charge in [-0.3, -0.25) is 24.3 Å². The van der Waals surface area contributed by atoms with Crippen molar-refractivity contribution in [1.82, 2.24) is 29.5 Å². The molecule has 2 aliphatic heterocycles. The van der Waals surface area contributed by atoms with Crippen LogP contribution >= 0.6 is 0 Å². The van der Waals surface area contributed by atoms with E-state index in [0.29, 0.717) is 45.1 Å². The first kappa shape index (κ1) is 21.9. The topological polar surface area (TPSA) is 76.4 Å². The number of pyridine rings is 2. The Kier molecular flexibility index (Phi) is 5.98. The van der Waals surface area contributed by atoms with Gasteiger partial charge in [0.05, 0.1) is 31.0 Å². The van der Waals surface area contributed by atoms with E-state index in [1.54, 1.807) is 6.20 Å². The number of aromatic nitrogens is 4. The number of morpholine rings is 1. The van der Waals surface area contributed by atoms with Gasteiger partial charge in [0.2, 0.25) is 0 Å². The van der Waals surface area contributed by atoms with Gasteiger partial charge in [-0.25, -0.2) is 0 Å². The Labute approximate surface area is 204 Å². The highest BCUT2D eigenvalue weighted by Gasteiger charge is 2.31. The zero-order valence-corrected chi connectivity index (χ0v) is 19.6. The molecule has 0 saturated carbocycles. The predicted molar refractivity (Wildman–Crippen MR) is 132 cm³/mol. The molecule has 0 unspecified atom stereocenters. The van der Waals surface area contributed by atoms with Gasteiger partial charge >= 0.3 is 0 Å². The van der Waals surface area contributed by atoms with E-state index < -0.39 is 0 Å². The highest BCUT2D eigenvalue weighted by Crippen LogP contribution is 2.27. The summed E-state index contributed by atoms with van der Waals surface area (Å²) in [4.78, 5) is 26.8. The second kappa shape index (κ2) is 9.56. The van der Waals surface area contributed by atoms with Gasteiger partial charge in [0.1, 0.15) is 0 Å². The van der Waals surface area contributed by atoms with Crippen molar-refractivity contribution in [2.24, 2.45) is 0 Å². The van der Waals surface area contributed by atoms with Crippen LogP contribution in [0.15, 0.2) is 60.9 Å². The molecule has 6 rings (SSSR count). The van der Waals surface area contributed by atoms with Gasteiger partial charge in [-0.15, -0.1) is 0 Å². The van der Waals surface area contributed by atoms with Crippen molar-refractivity contribution in [3.8, 4) is 0 Å². The van der Waals surface area contributed by atoms with Gasteiger partial charge in [0, 0.05) is 68.2 Å². The van der Waals surface area contributed by atoms with Crippen molar-refractivity contribution in [2.75, 3.05) is 32.8 Å². The van der Waals surface area contributed by atoms with Crippen LogP contribution in [0.25, 0.3) is 10.9 Å². The van der Waals surface area contributed by atoms with Gasteiger partial charge in [-0.2, -0.15) is 5.10 Å². The molecule has 0 atom stereocenters. The third-order valence-corrected chi connectivity index (χ3v) is 6.88. The number of hydrogen-bond donors (Lipinski definition) is 0. The summed E-state index contributed by atoms with van der Waals surface area (Å²) >= 11 is 0. The Hall–Kier alpha value is -3.62. The van der Waals surface area contributed by atoms with E-state index in [4.69, 9.17) is 9.84 Å². The van der Waals surface area contributed by atoms with Crippen molar-refractivity contribution in [3.05, 3.63) is 89.1 Å². The fraction of sp³-hybridized carbons (Fsp3) is 0.333. The first-order chi connectivity index (χ1) is 17.3. The minimum atomic E-state index is 0.000492. The molecule has 3 aromatic heterocycles. The first-order valence-corrected chi connectivity index (χ1v) is 12.2. The van der Waals surface area contributed by atoms with Crippen LogP contribution < -0.4 is 0 Å². The first-order valence-electron chi connectivity index (χ1n) is 12.2. The lowest BCUT2D eigenvalue weighted by molar-refractivity contribution is 0.0297. The van der Waals surface area contributed by atoms with Crippen LogP contribution in [-0.4, -0.2) is 68.3 Å². The van der Waals surface area contributed by atoms with Gasteiger partial charge in [-0.05, 0) is 29.8 Å². The smallest absolute Gasteiger partial charge is 0.274 e. The van der Waals surface area contributed by atoms with E-state index in [9.17, 15) is 4.79 Å². The highest BCUT2D eigenvalue weighted by molar-refractivity contribution is 5.94. The number of carbonyl (C=O) groups excluding carboxylic acids is 1. The van der Waals surface area contributed by atoms with Crippen molar-refractivity contribution in [2.45, 2.75) is 26.1 Å².